The van der Waals surface area contributed by atoms with Crippen LogP contribution in [0.1, 0.15) is 22.6 Å². The van der Waals surface area contributed by atoms with E-state index in [1.54, 1.807) is 12.1 Å². The van der Waals surface area contributed by atoms with Gasteiger partial charge in [-0.2, -0.15) is 0 Å². The van der Waals surface area contributed by atoms with Gasteiger partial charge in [-0.15, -0.1) is 0 Å². The Hall–Kier alpha value is -0.870. The fraction of sp³-hybridized carbons (Fsp3) is 0.286. The molecule has 0 aliphatic carbocycles. The zero-order valence-electron chi connectivity index (χ0n) is 10.5. The lowest BCUT2D eigenvalue weighted by molar-refractivity contribution is 0.109. The van der Waals surface area contributed by atoms with Crippen LogP contribution in [0.5, 0.6) is 0 Å². The van der Waals surface area contributed by atoms with E-state index in [1.807, 2.05) is 6.07 Å². The van der Waals surface area contributed by atoms with E-state index in [0.717, 1.165) is 23.2 Å². The van der Waals surface area contributed by atoms with E-state index in [4.69, 9.17) is 39.5 Å². The SMILES string of the molecule is Clc1cccc(Cl)c1Cc1nc(Cl)c2c(n1)CCOC2. The van der Waals surface area contributed by atoms with E-state index in [-0.39, 0.29) is 0 Å². The van der Waals surface area contributed by atoms with Gasteiger partial charge in [0.1, 0.15) is 11.0 Å². The van der Waals surface area contributed by atoms with Crippen molar-refractivity contribution in [1.29, 1.82) is 0 Å². The smallest absolute Gasteiger partial charge is 0.138 e. The van der Waals surface area contributed by atoms with E-state index in [9.17, 15) is 0 Å². The van der Waals surface area contributed by atoms with Crippen LogP contribution < -0.4 is 0 Å². The van der Waals surface area contributed by atoms with Gasteiger partial charge in [-0.3, -0.25) is 0 Å². The highest BCUT2D eigenvalue weighted by Crippen LogP contribution is 2.28. The number of ether oxygens (including phenoxy) is 1. The van der Waals surface area contributed by atoms with E-state index in [2.05, 4.69) is 9.97 Å². The normalized spacial score (nSPS) is 14.2. The van der Waals surface area contributed by atoms with Gasteiger partial charge >= 0.3 is 0 Å². The van der Waals surface area contributed by atoms with Crippen LogP contribution in [0, 0.1) is 0 Å². The zero-order chi connectivity index (χ0) is 14.1. The number of nitrogens with zero attached hydrogens (tertiary/aromatic N) is 2. The first kappa shape index (κ1) is 14.1. The number of hydrogen-bond acceptors (Lipinski definition) is 3. The number of fused-ring (bicyclic) bond motifs is 1. The monoisotopic (exact) mass is 328 g/mol. The van der Waals surface area contributed by atoms with Crippen LogP contribution >= 0.6 is 34.8 Å². The topological polar surface area (TPSA) is 35.0 Å². The van der Waals surface area contributed by atoms with Crippen molar-refractivity contribution in [3.63, 3.8) is 0 Å². The zero-order valence-corrected chi connectivity index (χ0v) is 12.8. The van der Waals surface area contributed by atoms with E-state index < -0.39 is 0 Å². The van der Waals surface area contributed by atoms with Crippen LogP contribution in [-0.2, 0) is 24.2 Å². The molecule has 1 aromatic heterocycles. The number of hydrogen-bond donors (Lipinski definition) is 0. The minimum Gasteiger partial charge on any atom is -0.376 e. The maximum atomic E-state index is 6.20. The van der Waals surface area contributed by atoms with Crippen LogP contribution in [0.3, 0.4) is 0 Å². The molecular weight excluding hydrogens is 319 g/mol. The van der Waals surface area contributed by atoms with Crippen molar-refractivity contribution in [2.45, 2.75) is 19.4 Å². The second kappa shape index (κ2) is 5.86. The molecule has 0 saturated heterocycles. The lowest BCUT2D eigenvalue weighted by Crippen LogP contribution is -2.15. The Balaban J connectivity index is 1.97. The second-order valence-corrected chi connectivity index (χ2v) is 5.71. The Morgan fingerprint density at radius 1 is 1.10 bits per heavy atom. The summed E-state index contributed by atoms with van der Waals surface area (Å²) in [6.07, 6.45) is 1.22. The van der Waals surface area contributed by atoms with Gasteiger partial charge in [-0.05, 0) is 17.7 Å². The van der Waals surface area contributed by atoms with Crippen LogP contribution in [0.25, 0.3) is 0 Å². The summed E-state index contributed by atoms with van der Waals surface area (Å²) in [5.74, 6) is 0.630. The van der Waals surface area contributed by atoms with Crippen molar-refractivity contribution in [3.05, 3.63) is 56.0 Å². The quantitative estimate of drug-likeness (QED) is 0.778. The molecule has 1 aliphatic heterocycles. The first-order valence-electron chi connectivity index (χ1n) is 6.20. The number of rotatable bonds is 2. The molecule has 2 aromatic rings. The summed E-state index contributed by atoms with van der Waals surface area (Å²) in [4.78, 5) is 8.88. The summed E-state index contributed by atoms with van der Waals surface area (Å²) in [6.45, 7) is 1.13. The lowest BCUT2D eigenvalue weighted by Gasteiger charge is -2.17. The van der Waals surface area contributed by atoms with Crippen molar-refractivity contribution in [2.24, 2.45) is 0 Å². The first-order valence-corrected chi connectivity index (χ1v) is 7.33. The first-order chi connectivity index (χ1) is 9.65. The van der Waals surface area contributed by atoms with Crippen LogP contribution in [0.15, 0.2) is 18.2 Å². The summed E-state index contributed by atoms with van der Waals surface area (Å²) in [5.41, 5.74) is 2.65. The molecule has 0 fully saturated rings. The summed E-state index contributed by atoms with van der Waals surface area (Å²) >= 11 is 18.5. The molecule has 1 aromatic carbocycles. The third-order valence-electron chi connectivity index (χ3n) is 3.21. The molecule has 0 radical (unpaired) electrons. The molecule has 0 atom stereocenters. The molecule has 6 heteroatoms. The van der Waals surface area contributed by atoms with Crippen molar-refractivity contribution in [2.75, 3.05) is 6.61 Å². The predicted octanol–water partition coefficient (Wildman–Crippen LogP) is 4.10. The predicted molar refractivity (Wildman–Crippen MR) is 79.7 cm³/mol. The Kier molecular flexibility index (Phi) is 4.13. The summed E-state index contributed by atoms with van der Waals surface area (Å²) in [5, 5.41) is 1.67. The number of halogens is 3. The molecular formula is C14H11Cl3N2O. The van der Waals surface area contributed by atoms with Gasteiger partial charge in [0.15, 0.2) is 0 Å². The molecule has 2 heterocycles. The maximum absolute atomic E-state index is 6.20. The van der Waals surface area contributed by atoms with Crippen molar-refractivity contribution < 1.29 is 4.74 Å². The standard InChI is InChI=1S/C14H11Cl3N2O/c15-10-2-1-3-11(16)8(10)6-13-18-12-4-5-20-7-9(12)14(17)19-13/h1-3H,4-7H2. The molecule has 3 nitrogen and oxygen atoms in total. The number of benzene rings is 1. The average Bonchev–Trinajstić information content (AvgIpc) is 2.43. The Bertz CT molecular complexity index is 641. The number of aromatic nitrogens is 2. The van der Waals surface area contributed by atoms with Crippen molar-refractivity contribution in [3.8, 4) is 0 Å². The Morgan fingerprint density at radius 2 is 1.85 bits per heavy atom. The minimum atomic E-state index is 0.452. The molecule has 0 bridgehead atoms. The third kappa shape index (κ3) is 2.77. The molecule has 104 valence electrons. The van der Waals surface area contributed by atoms with Crippen molar-refractivity contribution >= 4 is 34.8 Å². The molecule has 0 saturated carbocycles. The third-order valence-corrected chi connectivity index (χ3v) is 4.24. The van der Waals surface area contributed by atoms with Gasteiger partial charge in [0.25, 0.3) is 0 Å². The summed E-state index contributed by atoms with van der Waals surface area (Å²) < 4.78 is 5.37. The molecule has 0 spiro atoms. The second-order valence-electron chi connectivity index (χ2n) is 4.54. The van der Waals surface area contributed by atoms with Crippen LogP contribution in [0.2, 0.25) is 15.2 Å². The average molecular weight is 330 g/mol. The van der Waals surface area contributed by atoms with Gasteiger partial charge < -0.3 is 4.74 Å². The highest BCUT2D eigenvalue weighted by molar-refractivity contribution is 6.36. The summed E-state index contributed by atoms with van der Waals surface area (Å²) in [7, 11) is 0. The highest BCUT2D eigenvalue weighted by Gasteiger charge is 2.18. The Morgan fingerprint density at radius 3 is 2.60 bits per heavy atom. The van der Waals surface area contributed by atoms with E-state index in [0.29, 0.717) is 40.7 Å². The van der Waals surface area contributed by atoms with Gasteiger partial charge in [0.05, 0.1) is 18.9 Å². The highest BCUT2D eigenvalue weighted by atomic mass is 35.5. The van der Waals surface area contributed by atoms with Gasteiger partial charge in [-0.1, -0.05) is 40.9 Å². The molecule has 3 rings (SSSR count). The van der Waals surface area contributed by atoms with E-state index >= 15 is 0 Å². The fourth-order valence-corrected chi connectivity index (χ4v) is 2.97. The van der Waals surface area contributed by atoms with Gasteiger partial charge in [0.2, 0.25) is 0 Å². The maximum Gasteiger partial charge on any atom is 0.138 e. The summed E-state index contributed by atoms with van der Waals surface area (Å²) in [6, 6.07) is 5.42. The minimum absolute atomic E-state index is 0.452. The molecule has 1 aliphatic rings. The van der Waals surface area contributed by atoms with Crippen LogP contribution in [-0.4, -0.2) is 16.6 Å². The van der Waals surface area contributed by atoms with Crippen molar-refractivity contribution in [1.82, 2.24) is 9.97 Å². The Labute approximate surface area is 131 Å². The van der Waals surface area contributed by atoms with Gasteiger partial charge in [-0.25, -0.2) is 9.97 Å². The molecule has 0 unspecified atom stereocenters. The van der Waals surface area contributed by atoms with Crippen LogP contribution in [0.4, 0.5) is 0 Å². The van der Waals surface area contributed by atoms with E-state index in [1.165, 1.54) is 0 Å². The lowest BCUT2D eigenvalue weighted by atomic mass is 10.1. The fourth-order valence-electron chi connectivity index (χ4n) is 2.18. The van der Waals surface area contributed by atoms with Gasteiger partial charge in [0, 0.05) is 28.5 Å². The largest absolute Gasteiger partial charge is 0.376 e. The molecule has 0 amide bonds. The molecule has 20 heavy (non-hydrogen) atoms. The molecule has 0 N–H and O–H groups in total.